The molecule has 15 heteroatoms. The summed E-state index contributed by atoms with van der Waals surface area (Å²) in [6, 6.07) is 6.19. The first kappa shape index (κ1) is 45.8. The number of carbonyl (C=O) groups excluding carboxylic acids is 2. The van der Waals surface area contributed by atoms with Crippen LogP contribution in [0, 0.1) is 46.3 Å². The van der Waals surface area contributed by atoms with Gasteiger partial charge in [0.1, 0.15) is 48.7 Å². The molecular formula is C47H66O15. The number of benzene rings is 1. The van der Waals surface area contributed by atoms with Crippen molar-refractivity contribution >= 4 is 12.3 Å². The highest BCUT2D eigenvalue weighted by atomic mass is 16.8. The summed E-state index contributed by atoms with van der Waals surface area (Å²) in [5.74, 6) is 0.524. The lowest BCUT2D eigenvalue weighted by Crippen LogP contribution is -2.64. The number of hydrogen-bond acceptors (Lipinski definition) is 15. The molecule has 0 spiro atoms. The Labute approximate surface area is 363 Å². The van der Waals surface area contributed by atoms with Gasteiger partial charge in [0, 0.05) is 17.3 Å². The van der Waals surface area contributed by atoms with Crippen molar-refractivity contribution in [1.82, 2.24) is 0 Å². The van der Waals surface area contributed by atoms with E-state index in [1.807, 2.05) is 13.8 Å². The van der Waals surface area contributed by atoms with Gasteiger partial charge in [-0.3, -0.25) is 0 Å². The highest BCUT2D eigenvalue weighted by molar-refractivity contribution is 5.89. The number of ether oxygens (including phenoxy) is 7. The predicted molar refractivity (Wildman–Crippen MR) is 220 cm³/mol. The minimum Gasteiger partial charge on any atom is -0.497 e. The zero-order valence-electron chi connectivity index (χ0n) is 36.5. The molecule has 0 aromatic heterocycles. The van der Waals surface area contributed by atoms with Crippen molar-refractivity contribution in [2.75, 3.05) is 13.7 Å². The van der Waals surface area contributed by atoms with Gasteiger partial charge in [-0.2, -0.15) is 0 Å². The fourth-order valence-corrected chi connectivity index (χ4v) is 12.9. The van der Waals surface area contributed by atoms with Gasteiger partial charge >= 0.3 is 5.97 Å². The van der Waals surface area contributed by atoms with Crippen molar-refractivity contribution in [1.29, 1.82) is 0 Å². The van der Waals surface area contributed by atoms with Crippen LogP contribution in [-0.4, -0.2) is 137 Å². The number of carbonyl (C=O) groups is 2. The first-order valence-electron chi connectivity index (χ1n) is 22.5. The average molecular weight is 871 g/mol. The zero-order valence-corrected chi connectivity index (χ0v) is 36.5. The molecular weight excluding hydrogens is 805 g/mol. The van der Waals surface area contributed by atoms with Crippen LogP contribution < -0.4 is 4.74 Å². The molecule has 1 aromatic carbocycles. The third-order valence-corrected chi connectivity index (χ3v) is 16.1. The Hall–Kier alpha value is -2.80. The Morgan fingerprint density at radius 3 is 2.29 bits per heavy atom. The third-order valence-electron chi connectivity index (χ3n) is 16.1. The molecule has 15 nitrogen and oxygen atoms in total. The molecule has 3 saturated heterocycles. The quantitative estimate of drug-likeness (QED) is 0.113. The summed E-state index contributed by atoms with van der Waals surface area (Å²) in [4.78, 5) is 26.3. The van der Waals surface area contributed by atoms with Gasteiger partial charge in [-0.25, -0.2) is 4.79 Å². The normalized spacial score (nSPS) is 47.4. The Kier molecular flexibility index (Phi) is 13.2. The summed E-state index contributed by atoms with van der Waals surface area (Å²) < 4.78 is 41.7. The van der Waals surface area contributed by atoms with Crippen LogP contribution in [0.2, 0.25) is 0 Å². The van der Waals surface area contributed by atoms with Crippen LogP contribution in [-0.2, 0) is 33.2 Å². The number of aliphatic hydroxyl groups is 6. The summed E-state index contributed by atoms with van der Waals surface area (Å²) in [6.45, 7) is 9.50. The molecule has 4 aliphatic carbocycles. The van der Waals surface area contributed by atoms with Crippen molar-refractivity contribution in [3.05, 3.63) is 53.1 Å². The molecule has 7 aliphatic rings. The Morgan fingerprint density at radius 2 is 1.61 bits per heavy atom. The SMILES string of the molecule is COc1ccc(C(=O)O[C@@H]2[C@@H](O)[C@@H](O)[C@H](O[C@H]3[C@H](OC4CC[C@@]5(C)C(=CC[C@H]6[C@@H]7C[C@@H]8O[C@@H](O)[C@H](C=C(C)C)[C@@H](C)[C@@H]8[C@@]7(C=O)CC[C@@H]65)C4)O[C@H](CO)[C@@H](O)[C@@H]3O)O[C@H]2C)cc1. The predicted octanol–water partition coefficient (Wildman–Crippen LogP) is 3.20. The number of methoxy groups -OCH3 is 1. The number of allylic oxidation sites excluding steroid dienone is 2. The maximum atomic E-state index is 13.4. The van der Waals surface area contributed by atoms with Crippen molar-refractivity contribution in [3.63, 3.8) is 0 Å². The number of rotatable bonds is 10. The minimum absolute atomic E-state index is 0.0372. The maximum Gasteiger partial charge on any atom is 0.338 e. The topological polar surface area (TPSA) is 220 Å². The van der Waals surface area contributed by atoms with Crippen LogP contribution in [0.25, 0.3) is 0 Å². The van der Waals surface area contributed by atoms with E-state index in [-0.39, 0.29) is 52.8 Å². The fourth-order valence-electron chi connectivity index (χ4n) is 12.9. The Morgan fingerprint density at radius 1 is 0.887 bits per heavy atom. The molecule has 21 atom stereocenters. The van der Waals surface area contributed by atoms with E-state index in [0.29, 0.717) is 24.5 Å². The summed E-state index contributed by atoms with van der Waals surface area (Å²) in [7, 11) is 1.50. The number of aldehydes is 1. The highest BCUT2D eigenvalue weighted by Crippen LogP contribution is 2.68. The van der Waals surface area contributed by atoms with E-state index in [2.05, 4.69) is 26.0 Å². The van der Waals surface area contributed by atoms with E-state index >= 15 is 0 Å². The van der Waals surface area contributed by atoms with Crippen LogP contribution in [0.3, 0.4) is 0 Å². The molecule has 62 heavy (non-hydrogen) atoms. The van der Waals surface area contributed by atoms with Gasteiger partial charge in [0.15, 0.2) is 25.0 Å². The van der Waals surface area contributed by atoms with Gasteiger partial charge in [-0.1, -0.05) is 37.1 Å². The second kappa shape index (κ2) is 17.9. The first-order chi connectivity index (χ1) is 29.5. The largest absolute Gasteiger partial charge is 0.497 e. The Balaban J connectivity index is 0.952. The molecule has 3 aliphatic heterocycles. The number of aliphatic hydroxyl groups excluding tert-OH is 6. The van der Waals surface area contributed by atoms with Gasteiger partial charge in [0.05, 0.1) is 37.6 Å². The number of hydrogen-bond donors (Lipinski definition) is 6. The van der Waals surface area contributed by atoms with Gasteiger partial charge in [0.2, 0.25) is 0 Å². The van der Waals surface area contributed by atoms with Crippen molar-refractivity contribution in [3.8, 4) is 5.75 Å². The molecule has 0 radical (unpaired) electrons. The van der Waals surface area contributed by atoms with E-state index in [0.717, 1.165) is 37.7 Å². The van der Waals surface area contributed by atoms with E-state index in [1.54, 1.807) is 19.1 Å². The second-order valence-corrected chi connectivity index (χ2v) is 19.6. The van der Waals surface area contributed by atoms with E-state index < -0.39 is 85.7 Å². The highest BCUT2D eigenvalue weighted by Gasteiger charge is 2.66. The molecule has 6 N–H and O–H groups in total. The van der Waals surface area contributed by atoms with Crippen LogP contribution >= 0.6 is 0 Å². The monoisotopic (exact) mass is 870 g/mol. The molecule has 0 amide bonds. The summed E-state index contributed by atoms with van der Waals surface area (Å²) >= 11 is 0. The molecule has 1 unspecified atom stereocenters. The lowest BCUT2D eigenvalue weighted by Gasteiger charge is -2.58. The molecule has 3 heterocycles. The van der Waals surface area contributed by atoms with Crippen molar-refractivity contribution in [2.45, 2.75) is 159 Å². The molecule has 6 fully saturated rings. The molecule has 344 valence electrons. The van der Waals surface area contributed by atoms with Crippen molar-refractivity contribution in [2.24, 2.45) is 46.3 Å². The smallest absolute Gasteiger partial charge is 0.338 e. The van der Waals surface area contributed by atoms with Gasteiger partial charge in [0.25, 0.3) is 0 Å². The minimum atomic E-state index is -1.74. The standard InChI is InChI=1S/C47H66O15/c1-22(2)17-30-23(3)35-33(59-43(30)55)19-32-29-12-9-26-18-28(13-15-46(26,5)31(29)14-16-47(32,35)21-49)58-45-41(37(51)36(50)34(20-48)60-45)62-44-39(53)38(52)40(24(4)57-44)61-42(54)25-7-10-27(56-6)11-8-25/h7-11,17,21,23-24,28-41,43-45,48,50-53,55H,12-16,18-20H2,1-6H3/t23-,24+,28?,29-,30-,31+,32+,33+,34-,35+,36-,37+,38+,39-,40+,41-,43-,44+,45-,46+,47-/m1/s1. The van der Waals surface area contributed by atoms with E-state index in [9.17, 15) is 40.2 Å². The molecule has 1 aromatic rings. The van der Waals surface area contributed by atoms with Crippen LogP contribution in [0.5, 0.6) is 5.75 Å². The Bertz CT molecular complexity index is 1830. The van der Waals surface area contributed by atoms with Crippen LogP contribution in [0.1, 0.15) is 89.9 Å². The van der Waals surface area contributed by atoms with E-state index in [4.69, 9.17) is 33.2 Å². The lowest BCUT2D eigenvalue weighted by atomic mass is 9.46. The molecule has 3 saturated carbocycles. The molecule has 8 rings (SSSR count). The van der Waals surface area contributed by atoms with E-state index in [1.165, 1.54) is 31.1 Å². The first-order valence-corrected chi connectivity index (χ1v) is 22.5. The van der Waals surface area contributed by atoms with Gasteiger partial charge < -0.3 is 68.6 Å². The van der Waals surface area contributed by atoms with Crippen molar-refractivity contribution < 1.29 is 73.4 Å². The fraction of sp³-hybridized carbons (Fsp3) is 0.745. The van der Waals surface area contributed by atoms with Crippen LogP contribution in [0.15, 0.2) is 47.6 Å². The second-order valence-electron chi connectivity index (χ2n) is 19.6. The molecule has 0 bridgehead atoms. The van der Waals surface area contributed by atoms with Crippen LogP contribution in [0.4, 0.5) is 0 Å². The lowest BCUT2D eigenvalue weighted by molar-refractivity contribution is -0.369. The summed E-state index contributed by atoms with van der Waals surface area (Å²) in [5.41, 5.74) is 1.93. The average Bonchev–Trinajstić information content (AvgIpc) is 3.59. The number of fused-ring (bicyclic) bond motifs is 7. The number of esters is 1. The zero-order chi connectivity index (χ0) is 44.4. The summed E-state index contributed by atoms with van der Waals surface area (Å²) in [5, 5.41) is 65.8. The van der Waals surface area contributed by atoms with Gasteiger partial charge in [-0.15, -0.1) is 0 Å². The third kappa shape index (κ3) is 7.90. The summed E-state index contributed by atoms with van der Waals surface area (Å²) in [6.07, 6.45) is -4.83. The maximum absolute atomic E-state index is 13.4. The van der Waals surface area contributed by atoms with Gasteiger partial charge in [-0.05, 0) is 119 Å².